The van der Waals surface area contributed by atoms with Crippen LogP contribution in [0.1, 0.15) is 13.8 Å². The predicted octanol–water partition coefficient (Wildman–Crippen LogP) is 7.05. The first kappa shape index (κ1) is 21.6. The van der Waals surface area contributed by atoms with Gasteiger partial charge in [-0.1, -0.05) is 47.0 Å². The van der Waals surface area contributed by atoms with Crippen molar-refractivity contribution < 1.29 is 13.9 Å². The summed E-state index contributed by atoms with van der Waals surface area (Å²) in [5, 5.41) is 0. The normalized spacial score (nSPS) is 17.8. The summed E-state index contributed by atoms with van der Waals surface area (Å²) in [5.74, 6) is 1.52. The van der Waals surface area contributed by atoms with E-state index in [1.165, 1.54) is 26.7 Å². The zero-order chi connectivity index (χ0) is 18.0. The van der Waals surface area contributed by atoms with Crippen LogP contribution in [-0.2, 0) is 9.05 Å². The van der Waals surface area contributed by atoms with Crippen LogP contribution in [0.3, 0.4) is 0 Å². The second-order valence-corrected chi connectivity index (χ2v) is 15.4. The van der Waals surface area contributed by atoms with Crippen LogP contribution in [0.5, 0.6) is 0 Å². The Bertz CT molecular complexity index is 752. The first-order valence-electron chi connectivity index (χ1n) is 7.32. The van der Waals surface area contributed by atoms with Crippen molar-refractivity contribution in [1.29, 1.82) is 0 Å². The number of rotatable bonds is 6. The van der Waals surface area contributed by atoms with Crippen molar-refractivity contribution in [2.24, 2.45) is 0 Å². The fourth-order valence-electron chi connectivity index (χ4n) is 1.95. The summed E-state index contributed by atoms with van der Waals surface area (Å²) in [4.78, 5) is 13.4. The number of hydrogen-bond acceptors (Lipinski definition) is 11. The van der Waals surface area contributed by atoms with Crippen molar-refractivity contribution in [3.63, 3.8) is 0 Å². The Morgan fingerprint density at radius 2 is 1.28 bits per heavy atom. The highest BCUT2D eigenvalue weighted by atomic mass is 32.2. The van der Waals surface area contributed by atoms with Gasteiger partial charge in [-0.3, -0.25) is 0 Å². The molecule has 0 saturated carbocycles. The Kier molecular flexibility index (Phi) is 8.33. The Morgan fingerprint density at radius 1 is 0.840 bits per heavy atom. The SMILES string of the molecule is CCOP(O)(OCC)=c1sc2c(s1)SC(=C1SC(CS)=C(CS)S1)S2. The van der Waals surface area contributed by atoms with E-state index in [9.17, 15) is 4.89 Å². The van der Waals surface area contributed by atoms with Crippen molar-refractivity contribution in [3.8, 4) is 0 Å². The average Bonchev–Trinajstić information content (AvgIpc) is 3.26. The molecule has 1 aromatic rings. The molecule has 1 aromatic heterocycles. The van der Waals surface area contributed by atoms with E-state index in [4.69, 9.17) is 9.05 Å². The molecule has 1 N–H and O–H groups in total. The van der Waals surface area contributed by atoms with Crippen LogP contribution in [0.4, 0.5) is 0 Å². The van der Waals surface area contributed by atoms with Gasteiger partial charge in [-0.25, -0.2) is 0 Å². The molecule has 2 aliphatic heterocycles. The van der Waals surface area contributed by atoms with E-state index in [2.05, 4.69) is 25.3 Å². The summed E-state index contributed by atoms with van der Waals surface area (Å²) < 4.78 is 17.1. The van der Waals surface area contributed by atoms with Crippen molar-refractivity contribution in [2.45, 2.75) is 22.3 Å². The quantitative estimate of drug-likeness (QED) is 0.281. The van der Waals surface area contributed by atoms with Gasteiger partial charge < -0.3 is 13.9 Å². The molecular formula is C13H17O3PS8. The molecule has 0 saturated heterocycles. The predicted molar refractivity (Wildman–Crippen MR) is 126 cm³/mol. The summed E-state index contributed by atoms with van der Waals surface area (Å²) >= 11 is 19.2. The molecule has 0 aromatic carbocycles. The lowest BCUT2D eigenvalue weighted by atomic mass is 10.6. The Morgan fingerprint density at radius 3 is 1.68 bits per heavy atom. The molecule has 0 aliphatic carbocycles. The second-order valence-electron chi connectivity index (χ2n) is 4.55. The maximum atomic E-state index is 10.8. The first-order chi connectivity index (χ1) is 12.0. The van der Waals surface area contributed by atoms with E-state index in [1.807, 2.05) is 37.4 Å². The van der Waals surface area contributed by atoms with E-state index in [0.717, 1.165) is 15.1 Å². The monoisotopic (exact) mass is 508 g/mol. The van der Waals surface area contributed by atoms with E-state index < -0.39 is 7.57 Å². The molecule has 12 heteroatoms. The molecule has 3 heterocycles. The van der Waals surface area contributed by atoms with Crippen LogP contribution in [0.2, 0.25) is 0 Å². The Balaban J connectivity index is 1.87. The molecule has 3 nitrogen and oxygen atoms in total. The molecule has 3 rings (SSSR count). The average molecular weight is 509 g/mol. The second kappa shape index (κ2) is 9.63. The van der Waals surface area contributed by atoms with Gasteiger partial charge in [0.2, 0.25) is 0 Å². The summed E-state index contributed by atoms with van der Waals surface area (Å²) in [6.07, 6.45) is 0. The van der Waals surface area contributed by atoms with Crippen molar-refractivity contribution in [1.82, 2.24) is 0 Å². The number of thioether (sulfide) groups is 4. The molecule has 0 bridgehead atoms. The van der Waals surface area contributed by atoms with E-state index in [1.54, 1.807) is 46.2 Å². The maximum absolute atomic E-state index is 10.8. The number of fused-ring (bicyclic) bond motifs is 1. The molecule has 0 unspecified atom stereocenters. The van der Waals surface area contributed by atoms with Crippen molar-refractivity contribution in [2.75, 3.05) is 24.7 Å². The van der Waals surface area contributed by atoms with Gasteiger partial charge >= 0.3 is 0 Å². The van der Waals surface area contributed by atoms with Crippen molar-refractivity contribution >= 4 is 103 Å². The molecule has 0 atom stereocenters. The highest BCUT2D eigenvalue weighted by Crippen LogP contribution is 2.65. The Hall–Kier alpha value is 1.94. The minimum Gasteiger partial charge on any atom is -0.331 e. The fourth-order valence-corrected chi connectivity index (χ4v) is 15.0. The van der Waals surface area contributed by atoms with Crippen LogP contribution in [-0.4, -0.2) is 29.6 Å². The van der Waals surface area contributed by atoms with Gasteiger partial charge in [0.1, 0.15) is 0 Å². The largest absolute Gasteiger partial charge is 0.331 e. The van der Waals surface area contributed by atoms with Gasteiger partial charge in [0.05, 0.1) is 30.1 Å². The molecule has 140 valence electrons. The van der Waals surface area contributed by atoms with Gasteiger partial charge in [0.25, 0.3) is 7.57 Å². The fraction of sp³-hybridized carbons (Fsp3) is 0.462. The topological polar surface area (TPSA) is 38.7 Å². The van der Waals surface area contributed by atoms with E-state index >= 15 is 0 Å². The lowest BCUT2D eigenvalue weighted by Crippen LogP contribution is -1.94. The van der Waals surface area contributed by atoms with Crippen LogP contribution < -0.4 is 0 Å². The smallest absolute Gasteiger partial charge is 0.283 e. The van der Waals surface area contributed by atoms with Crippen molar-refractivity contribution in [3.05, 3.63) is 21.9 Å². The number of hydrogen-bond donors (Lipinski definition) is 3. The molecule has 2 aliphatic rings. The standard InChI is InChI=1S/C13H17O3PS8/c1-3-15-17(14,16-4-2)13-24-11-12(25-13)23-10(22-11)9-20-7(5-18)8(6-19)21-9/h14,18-19H,3-6H2,1-2H3. The van der Waals surface area contributed by atoms with Crippen LogP contribution in [0.25, 0.3) is 0 Å². The Labute approximate surface area is 183 Å². The summed E-state index contributed by atoms with van der Waals surface area (Å²) in [6.45, 7) is 4.63. The lowest BCUT2D eigenvalue weighted by molar-refractivity contribution is 0.207. The van der Waals surface area contributed by atoms with Gasteiger partial charge in [-0.05, 0) is 13.8 Å². The van der Waals surface area contributed by atoms with E-state index in [-0.39, 0.29) is 0 Å². The maximum Gasteiger partial charge on any atom is 0.283 e. The van der Waals surface area contributed by atoms with Gasteiger partial charge in [-0.2, -0.15) is 25.3 Å². The molecule has 0 fully saturated rings. The molecular weight excluding hydrogens is 492 g/mol. The van der Waals surface area contributed by atoms with Crippen LogP contribution in [0.15, 0.2) is 26.7 Å². The minimum atomic E-state index is -2.93. The zero-order valence-corrected chi connectivity index (χ0v) is 21.0. The molecule has 25 heavy (non-hydrogen) atoms. The van der Waals surface area contributed by atoms with Crippen LogP contribution >= 0.6 is 103 Å². The summed E-state index contributed by atoms with van der Waals surface area (Å²) in [5.41, 5.74) is 0. The summed E-state index contributed by atoms with van der Waals surface area (Å²) in [6, 6.07) is 0. The van der Waals surface area contributed by atoms with Gasteiger partial charge in [0, 0.05) is 21.3 Å². The molecule has 0 radical (unpaired) electrons. The van der Waals surface area contributed by atoms with Gasteiger partial charge in [-0.15, -0.1) is 22.7 Å². The van der Waals surface area contributed by atoms with Crippen LogP contribution in [0, 0.1) is 3.57 Å². The highest BCUT2D eigenvalue weighted by Gasteiger charge is 2.30. The zero-order valence-electron chi connectivity index (χ0n) is 13.4. The third kappa shape index (κ3) is 4.75. The minimum absolute atomic E-state index is 0.438. The number of thiol groups is 2. The lowest BCUT2D eigenvalue weighted by Gasteiger charge is -2.16. The highest BCUT2D eigenvalue weighted by molar-refractivity contribution is 8.33. The summed E-state index contributed by atoms with van der Waals surface area (Å²) in [7, 11) is -2.93. The van der Waals surface area contributed by atoms with E-state index in [0.29, 0.717) is 13.2 Å². The third-order valence-electron chi connectivity index (χ3n) is 2.93. The van der Waals surface area contributed by atoms with Gasteiger partial charge in [0.15, 0.2) is 3.57 Å². The molecule has 0 amide bonds. The first-order valence-corrected chi connectivity index (χ1v) is 15.1. The third-order valence-corrected chi connectivity index (χ3v) is 16.0. The molecule has 0 spiro atoms.